The molecular weight excluding hydrogens is 376 g/mol. The van der Waals surface area contributed by atoms with Crippen molar-refractivity contribution in [3.63, 3.8) is 0 Å². The number of amides is 2. The number of nitrogens with one attached hydrogen (secondary N) is 5. The Morgan fingerprint density at radius 2 is 1.90 bits per heavy atom. The summed E-state index contributed by atoms with van der Waals surface area (Å²) in [6.07, 6.45) is 6.11. The average Bonchev–Trinajstić information content (AvgIpc) is 3.26. The lowest BCUT2D eigenvalue weighted by Gasteiger charge is -2.25. The zero-order valence-electron chi connectivity index (χ0n) is 17.3. The summed E-state index contributed by atoms with van der Waals surface area (Å²) in [4.78, 5) is 35.7. The van der Waals surface area contributed by atoms with E-state index >= 15 is 0 Å². The van der Waals surface area contributed by atoms with Gasteiger partial charge in [0.25, 0.3) is 5.96 Å². The minimum atomic E-state index is -0.810. The number of guanidine groups is 1. The first kappa shape index (κ1) is 22.9. The first-order chi connectivity index (χ1) is 13.8. The van der Waals surface area contributed by atoms with E-state index in [1.54, 1.807) is 5.43 Å². The highest BCUT2D eigenvalue weighted by molar-refractivity contribution is 5.88. The fourth-order valence-electron chi connectivity index (χ4n) is 4.37. The van der Waals surface area contributed by atoms with Crippen molar-refractivity contribution in [3.05, 3.63) is 10.1 Å². The van der Waals surface area contributed by atoms with Gasteiger partial charge in [-0.1, -0.05) is 25.7 Å². The van der Waals surface area contributed by atoms with Crippen LogP contribution in [0, 0.1) is 39.2 Å². The fraction of sp³-hybridized carbons (Fsp3) is 0.842. The van der Waals surface area contributed by atoms with Gasteiger partial charge in [0, 0.05) is 19.0 Å². The highest BCUT2D eigenvalue weighted by Crippen LogP contribution is 2.48. The maximum absolute atomic E-state index is 12.8. The topological polar surface area (TPSA) is 149 Å². The molecule has 3 unspecified atom stereocenters. The number of hydrogen-bond donors (Lipinski definition) is 5. The molecule has 0 saturated heterocycles. The van der Waals surface area contributed by atoms with E-state index in [-0.39, 0.29) is 17.7 Å². The molecule has 29 heavy (non-hydrogen) atoms. The Hall–Kier alpha value is -2.39. The summed E-state index contributed by atoms with van der Waals surface area (Å²) in [6.45, 7) is 5.02. The lowest BCUT2D eigenvalue weighted by Crippen LogP contribution is -2.49. The lowest BCUT2D eigenvalue weighted by molar-refractivity contribution is -0.525. The molecule has 0 aromatic rings. The minimum Gasteiger partial charge on any atom is -0.354 e. The van der Waals surface area contributed by atoms with E-state index in [1.165, 1.54) is 6.42 Å². The van der Waals surface area contributed by atoms with E-state index in [0.29, 0.717) is 43.7 Å². The predicted octanol–water partition coefficient (Wildman–Crippen LogP) is 1.16. The second-order valence-electron chi connectivity index (χ2n) is 8.63. The van der Waals surface area contributed by atoms with Crippen molar-refractivity contribution < 1.29 is 14.6 Å². The number of hydrazine groups is 1. The van der Waals surface area contributed by atoms with Gasteiger partial charge in [-0.3, -0.25) is 15.0 Å². The molecule has 2 bridgehead atoms. The zero-order valence-corrected chi connectivity index (χ0v) is 17.3. The maximum atomic E-state index is 12.8. The summed E-state index contributed by atoms with van der Waals surface area (Å²) in [7, 11) is 0. The van der Waals surface area contributed by atoms with Gasteiger partial charge < -0.3 is 16.0 Å². The van der Waals surface area contributed by atoms with Gasteiger partial charge in [0.15, 0.2) is 5.03 Å². The molecule has 4 atom stereocenters. The summed E-state index contributed by atoms with van der Waals surface area (Å²) >= 11 is 0. The predicted molar refractivity (Wildman–Crippen MR) is 108 cm³/mol. The molecule has 2 fully saturated rings. The first-order valence-electron chi connectivity index (χ1n) is 10.6. The van der Waals surface area contributed by atoms with Crippen LogP contribution in [0.2, 0.25) is 0 Å². The molecule has 0 heterocycles. The largest absolute Gasteiger partial charge is 0.354 e. The van der Waals surface area contributed by atoms with Gasteiger partial charge in [-0.25, -0.2) is 10.1 Å². The Morgan fingerprint density at radius 1 is 1.14 bits per heavy atom. The summed E-state index contributed by atoms with van der Waals surface area (Å²) in [5, 5.41) is 25.3. The molecule has 0 aromatic carbocycles. The fourth-order valence-corrected chi connectivity index (χ4v) is 4.37. The van der Waals surface area contributed by atoms with E-state index in [4.69, 9.17) is 5.41 Å². The number of fused-ring (bicyclic) bond motifs is 2. The van der Waals surface area contributed by atoms with Crippen molar-refractivity contribution in [2.75, 3.05) is 13.1 Å². The second-order valence-corrected chi connectivity index (χ2v) is 8.63. The first-order valence-corrected chi connectivity index (χ1v) is 10.6. The number of nitrogens with zero attached hydrogens (tertiary/aromatic N) is 1. The molecule has 2 saturated carbocycles. The van der Waals surface area contributed by atoms with E-state index in [0.717, 1.165) is 25.7 Å². The van der Waals surface area contributed by atoms with Crippen molar-refractivity contribution in [2.24, 2.45) is 23.7 Å². The third-order valence-electron chi connectivity index (χ3n) is 5.90. The molecule has 5 N–H and O–H groups in total. The number of nitro groups is 1. The van der Waals surface area contributed by atoms with Gasteiger partial charge in [0.2, 0.25) is 11.8 Å². The molecule has 2 amide bonds. The van der Waals surface area contributed by atoms with Crippen molar-refractivity contribution >= 4 is 17.8 Å². The van der Waals surface area contributed by atoms with Crippen LogP contribution in [0.4, 0.5) is 0 Å². The third-order valence-corrected chi connectivity index (χ3v) is 5.90. The smallest absolute Gasteiger partial charge is 0.251 e. The van der Waals surface area contributed by atoms with Gasteiger partial charge in [-0.15, -0.1) is 0 Å². The van der Waals surface area contributed by atoms with E-state index in [1.807, 2.05) is 0 Å². The Morgan fingerprint density at radius 3 is 2.48 bits per heavy atom. The standard InChI is InChI=1S/C19H34N6O4/c1-12(2)7-9-21-18(27)16(4-3-8-22-19(20)24-25(28)29)23-17(26)15-11-13-5-6-14(15)10-13/h12-16H,3-11H2,1-2H3,(H,21,27)(H,23,26)(H3,20,22,24)/t13?,14?,15?,16-/m0/s1. The van der Waals surface area contributed by atoms with Crippen LogP contribution in [0.25, 0.3) is 0 Å². The Balaban J connectivity index is 1.83. The molecular formula is C19H34N6O4. The molecule has 2 rings (SSSR count). The molecule has 0 spiro atoms. The van der Waals surface area contributed by atoms with E-state index in [9.17, 15) is 19.7 Å². The van der Waals surface area contributed by atoms with E-state index in [2.05, 4.69) is 29.8 Å². The minimum absolute atomic E-state index is 0.00954. The van der Waals surface area contributed by atoms with Crippen molar-refractivity contribution in [1.82, 2.24) is 21.4 Å². The number of carbonyl (C=O) groups is 2. The van der Waals surface area contributed by atoms with Gasteiger partial charge in [0.1, 0.15) is 6.04 Å². The van der Waals surface area contributed by atoms with Crippen LogP contribution in [0.15, 0.2) is 0 Å². The molecule has 10 nitrogen and oxygen atoms in total. The summed E-state index contributed by atoms with van der Waals surface area (Å²) in [5.74, 6) is 0.951. The van der Waals surface area contributed by atoms with Gasteiger partial charge in [-0.05, 0) is 56.3 Å². The molecule has 2 aliphatic rings. The van der Waals surface area contributed by atoms with Crippen molar-refractivity contribution in [2.45, 2.75) is 64.8 Å². The molecule has 0 aromatic heterocycles. The quantitative estimate of drug-likeness (QED) is 0.113. The van der Waals surface area contributed by atoms with Crippen LogP contribution in [0.5, 0.6) is 0 Å². The average molecular weight is 411 g/mol. The summed E-state index contributed by atoms with van der Waals surface area (Å²) in [6, 6.07) is -0.631. The van der Waals surface area contributed by atoms with Gasteiger partial charge >= 0.3 is 0 Å². The number of hydrogen-bond acceptors (Lipinski definition) is 5. The van der Waals surface area contributed by atoms with Crippen LogP contribution >= 0.6 is 0 Å². The monoisotopic (exact) mass is 410 g/mol. The highest BCUT2D eigenvalue weighted by atomic mass is 16.7. The third kappa shape index (κ3) is 7.51. The van der Waals surface area contributed by atoms with Crippen LogP contribution in [0.1, 0.15) is 58.8 Å². The summed E-state index contributed by atoms with van der Waals surface area (Å²) < 4.78 is 0. The van der Waals surface area contributed by atoms with E-state index < -0.39 is 17.0 Å². The van der Waals surface area contributed by atoms with Gasteiger partial charge in [-0.2, -0.15) is 0 Å². The molecule has 0 aliphatic heterocycles. The highest BCUT2D eigenvalue weighted by Gasteiger charge is 2.43. The second kappa shape index (κ2) is 11.0. The SMILES string of the molecule is CC(C)CCNC(=O)[C@H](CCCNC(=N)N[N+](=O)[O-])NC(=O)C1CC2CCC1C2. The Bertz CT molecular complexity index is 612. The zero-order chi connectivity index (χ0) is 21.4. The number of rotatable bonds is 11. The molecule has 164 valence electrons. The number of carbonyl (C=O) groups excluding carboxylic acids is 2. The molecule has 0 radical (unpaired) electrons. The normalized spacial score (nSPS) is 23.5. The maximum Gasteiger partial charge on any atom is 0.251 e. The molecule has 2 aliphatic carbocycles. The Labute approximate surface area is 171 Å². The lowest BCUT2D eigenvalue weighted by atomic mass is 9.88. The summed E-state index contributed by atoms with van der Waals surface area (Å²) in [5.41, 5.74) is 1.72. The van der Waals surface area contributed by atoms with Gasteiger partial charge in [0.05, 0.1) is 0 Å². The molecule has 10 heteroatoms. The Kier molecular flexibility index (Phi) is 8.66. The van der Waals surface area contributed by atoms with Crippen LogP contribution in [0.3, 0.4) is 0 Å². The van der Waals surface area contributed by atoms with Crippen molar-refractivity contribution in [1.29, 1.82) is 5.41 Å². The van der Waals surface area contributed by atoms with Crippen LogP contribution in [-0.4, -0.2) is 41.9 Å². The van der Waals surface area contributed by atoms with Crippen molar-refractivity contribution in [3.8, 4) is 0 Å². The van der Waals surface area contributed by atoms with Crippen LogP contribution < -0.4 is 21.4 Å². The van der Waals surface area contributed by atoms with Crippen LogP contribution in [-0.2, 0) is 9.59 Å².